The van der Waals surface area contributed by atoms with Gasteiger partial charge in [0, 0.05) is 37.4 Å². The van der Waals surface area contributed by atoms with Gasteiger partial charge >= 0.3 is 6.18 Å². The fourth-order valence-electron chi connectivity index (χ4n) is 3.77. The number of primary amides is 1. The zero-order valence-electron chi connectivity index (χ0n) is 19.0. The third kappa shape index (κ3) is 5.05. The van der Waals surface area contributed by atoms with Crippen molar-refractivity contribution in [3.05, 3.63) is 40.8 Å². The first-order chi connectivity index (χ1) is 16.8. The molecule has 0 spiro atoms. The van der Waals surface area contributed by atoms with Crippen LogP contribution in [-0.2, 0) is 23.2 Å². The highest BCUT2D eigenvalue weighted by Gasteiger charge is 2.39. The fraction of sp³-hybridized carbons (Fsp3) is 0.400. The molecule has 0 bridgehead atoms. The second-order valence-corrected chi connectivity index (χ2v) is 11.3. The number of halogens is 4. The predicted molar refractivity (Wildman–Crippen MR) is 122 cm³/mol. The van der Waals surface area contributed by atoms with E-state index >= 15 is 0 Å². The Morgan fingerprint density at radius 1 is 1.31 bits per heavy atom. The summed E-state index contributed by atoms with van der Waals surface area (Å²) in [6.07, 6.45) is -3.27. The van der Waals surface area contributed by atoms with Crippen molar-refractivity contribution >= 4 is 33.2 Å². The van der Waals surface area contributed by atoms with Crippen LogP contribution in [-0.4, -0.2) is 63.5 Å². The van der Waals surface area contributed by atoms with Gasteiger partial charge in [-0.15, -0.1) is 11.3 Å². The molecule has 4 rings (SSSR count). The molecule has 10 nitrogen and oxygen atoms in total. The van der Waals surface area contributed by atoms with E-state index in [9.17, 15) is 30.8 Å². The van der Waals surface area contributed by atoms with Crippen molar-refractivity contribution < 1.29 is 30.8 Å². The standard InChI is InChI=1S/C20H21F4N7O3S2/c1-10-11(18(25)32)5-15(35-10)17-12(20(22,23)24)6-26-19(29-17)28-14-3-4-31(7-13(14)21)36(33,34)16-8-30(2)9-27-16/h5-6,8-9,13-14H,3-4,7H2,1-2H3,(H2,25,32)(H,26,28,29)/t13-,14+/m1/s1. The van der Waals surface area contributed by atoms with Gasteiger partial charge in [-0.05, 0) is 19.4 Å². The topological polar surface area (TPSA) is 136 Å². The number of thiophene rings is 1. The number of alkyl halides is 4. The van der Waals surface area contributed by atoms with E-state index in [2.05, 4.69) is 20.3 Å². The molecule has 0 aliphatic carbocycles. The van der Waals surface area contributed by atoms with Crippen molar-refractivity contribution in [1.29, 1.82) is 0 Å². The zero-order valence-corrected chi connectivity index (χ0v) is 20.6. The number of aryl methyl sites for hydroxylation is 2. The molecule has 3 aromatic rings. The maximum absolute atomic E-state index is 15.0. The Bertz CT molecular complexity index is 1400. The van der Waals surface area contributed by atoms with Crippen molar-refractivity contribution in [2.24, 2.45) is 12.8 Å². The Balaban J connectivity index is 1.57. The van der Waals surface area contributed by atoms with E-state index in [-0.39, 0.29) is 34.4 Å². The maximum Gasteiger partial charge on any atom is 0.420 e. The number of nitrogens with two attached hydrogens (primary N) is 1. The lowest BCUT2D eigenvalue weighted by Gasteiger charge is -2.33. The highest BCUT2D eigenvalue weighted by atomic mass is 32.2. The molecule has 194 valence electrons. The number of hydrogen-bond acceptors (Lipinski definition) is 8. The van der Waals surface area contributed by atoms with Crippen LogP contribution < -0.4 is 11.1 Å². The molecule has 0 aromatic carbocycles. The van der Waals surface area contributed by atoms with E-state index in [0.717, 1.165) is 15.6 Å². The summed E-state index contributed by atoms with van der Waals surface area (Å²) < 4.78 is 83.8. The summed E-state index contributed by atoms with van der Waals surface area (Å²) in [7, 11) is -2.40. The molecule has 0 unspecified atom stereocenters. The largest absolute Gasteiger partial charge is 0.420 e. The minimum absolute atomic E-state index is 0.0108. The molecule has 1 saturated heterocycles. The van der Waals surface area contributed by atoms with Crippen LogP contribution in [0.25, 0.3) is 10.6 Å². The monoisotopic (exact) mass is 547 g/mol. The first-order valence-corrected chi connectivity index (χ1v) is 12.8. The Morgan fingerprint density at radius 2 is 2.03 bits per heavy atom. The van der Waals surface area contributed by atoms with Crippen molar-refractivity contribution in [3.63, 3.8) is 0 Å². The molecule has 1 aliphatic heterocycles. The van der Waals surface area contributed by atoms with E-state index in [0.29, 0.717) is 11.1 Å². The highest BCUT2D eigenvalue weighted by molar-refractivity contribution is 7.89. The Kier molecular flexibility index (Phi) is 6.78. The molecule has 16 heteroatoms. The molecule has 0 radical (unpaired) electrons. The van der Waals surface area contributed by atoms with Gasteiger partial charge in [0.05, 0.1) is 28.5 Å². The Morgan fingerprint density at radius 3 is 2.58 bits per heavy atom. The number of anilines is 1. The van der Waals surface area contributed by atoms with Crippen LogP contribution in [0, 0.1) is 6.92 Å². The number of imidazole rings is 1. The molecule has 3 aromatic heterocycles. The second-order valence-electron chi connectivity index (χ2n) is 8.19. The number of aromatic nitrogens is 4. The summed E-state index contributed by atoms with van der Waals surface area (Å²) in [6, 6.07) is 0.277. The van der Waals surface area contributed by atoms with E-state index in [1.165, 1.54) is 23.2 Å². The lowest BCUT2D eigenvalue weighted by atomic mass is 10.1. The first-order valence-electron chi connectivity index (χ1n) is 10.5. The summed E-state index contributed by atoms with van der Waals surface area (Å²) >= 11 is 0.910. The van der Waals surface area contributed by atoms with Gasteiger partial charge in [0.15, 0.2) is 5.03 Å². The van der Waals surface area contributed by atoms with Crippen molar-refractivity contribution in [1.82, 2.24) is 23.8 Å². The molecular formula is C20H21F4N7O3S2. The summed E-state index contributed by atoms with van der Waals surface area (Å²) in [5.74, 6) is -1.05. The van der Waals surface area contributed by atoms with Crippen molar-refractivity contribution in [3.8, 4) is 10.6 Å². The lowest BCUT2D eigenvalue weighted by Crippen LogP contribution is -2.50. The van der Waals surface area contributed by atoms with E-state index < -0.39 is 52.1 Å². The van der Waals surface area contributed by atoms with E-state index in [1.807, 2.05) is 0 Å². The number of nitrogens with zero attached hydrogens (tertiary/aromatic N) is 5. The number of amides is 1. The summed E-state index contributed by atoms with van der Waals surface area (Å²) in [4.78, 5) is 23.5. The van der Waals surface area contributed by atoms with Crippen LogP contribution in [0.15, 0.2) is 29.8 Å². The summed E-state index contributed by atoms with van der Waals surface area (Å²) in [6.45, 7) is 1.02. The minimum atomic E-state index is -4.79. The number of piperidine rings is 1. The average molecular weight is 548 g/mol. The summed E-state index contributed by atoms with van der Waals surface area (Å²) in [5, 5.41) is 2.48. The van der Waals surface area contributed by atoms with Gasteiger partial charge in [0.25, 0.3) is 10.0 Å². The van der Waals surface area contributed by atoms with Crippen LogP contribution >= 0.6 is 11.3 Å². The van der Waals surface area contributed by atoms with Crippen LogP contribution in [0.1, 0.15) is 27.2 Å². The number of nitrogens with one attached hydrogen (secondary N) is 1. The predicted octanol–water partition coefficient (Wildman–Crippen LogP) is 2.58. The van der Waals surface area contributed by atoms with Gasteiger partial charge in [0.1, 0.15) is 11.7 Å². The average Bonchev–Trinajstić information content (AvgIpc) is 3.40. The molecule has 3 N–H and O–H groups in total. The van der Waals surface area contributed by atoms with Gasteiger partial charge < -0.3 is 15.6 Å². The molecule has 1 amide bonds. The first kappa shape index (κ1) is 26.0. The van der Waals surface area contributed by atoms with Gasteiger partial charge in [-0.3, -0.25) is 4.79 Å². The quantitative estimate of drug-likeness (QED) is 0.453. The van der Waals surface area contributed by atoms with Crippen molar-refractivity contribution in [2.45, 2.75) is 36.8 Å². The van der Waals surface area contributed by atoms with Gasteiger partial charge in [-0.25, -0.2) is 27.8 Å². The number of sulfonamides is 1. The van der Waals surface area contributed by atoms with Crippen LogP contribution in [0.2, 0.25) is 0 Å². The number of hydrogen-bond donors (Lipinski definition) is 2. The fourth-order valence-corrected chi connectivity index (χ4v) is 6.23. The Hall–Kier alpha value is -3.11. The van der Waals surface area contributed by atoms with Crippen LogP contribution in [0.4, 0.5) is 23.5 Å². The highest BCUT2D eigenvalue weighted by Crippen LogP contribution is 2.39. The Labute approximate surface area is 207 Å². The molecule has 1 aliphatic rings. The van der Waals surface area contributed by atoms with Gasteiger partial charge in [-0.2, -0.15) is 17.5 Å². The zero-order chi connectivity index (χ0) is 26.4. The summed E-state index contributed by atoms with van der Waals surface area (Å²) in [5.41, 5.74) is 3.75. The molecule has 4 heterocycles. The van der Waals surface area contributed by atoms with Crippen molar-refractivity contribution in [2.75, 3.05) is 18.4 Å². The van der Waals surface area contributed by atoms with E-state index in [4.69, 9.17) is 5.73 Å². The third-order valence-corrected chi connectivity index (χ3v) is 8.42. The molecule has 1 fully saturated rings. The van der Waals surface area contributed by atoms with Crippen LogP contribution in [0.3, 0.4) is 0 Å². The molecular weight excluding hydrogens is 526 g/mol. The second kappa shape index (κ2) is 9.40. The van der Waals surface area contributed by atoms with Gasteiger partial charge in [-0.1, -0.05) is 0 Å². The maximum atomic E-state index is 15.0. The molecule has 0 saturated carbocycles. The SMILES string of the molecule is Cc1sc(-c2nc(N[C@H]3CCN(S(=O)(=O)c4cn(C)cn4)C[C@H]3F)ncc2C(F)(F)F)cc1C(N)=O. The lowest BCUT2D eigenvalue weighted by molar-refractivity contribution is -0.137. The van der Waals surface area contributed by atoms with E-state index in [1.54, 1.807) is 14.0 Å². The number of carbonyl (C=O) groups is 1. The number of carbonyl (C=O) groups excluding carboxylic acids is 1. The normalized spacial score (nSPS) is 19.4. The smallest absolute Gasteiger partial charge is 0.366 e. The molecule has 36 heavy (non-hydrogen) atoms. The number of rotatable bonds is 6. The molecule has 2 atom stereocenters. The van der Waals surface area contributed by atoms with Gasteiger partial charge in [0.2, 0.25) is 11.9 Å². The van der Waals surface area contributed by atoms with Crippen LogP contribution in [0.5, 0.6) is 0 Å². The third-order valence-electron chi connectivity index (χ3n) is 5.61. The minimum Gasteiger partial charge on any atom is -0.366 e.